The number of nitrogens with one attached hydrogen (secondary N) is 2. The van der Waals surface area contributed by atoms with Gasteiger partial charge >= 0.3 is 0 Å². The summed E-state index contributed by atoms with van der Waals surface area (Å²) in [4.78, 5) is 25.0. The van der Waals surface area contributed by atoms with Crippen molar-refractivity contribution in [2.45, 2.75) is 98.1 Å². The summed E-state index contributed by atoms with van der Waals surface area (Å²) < 4.78 is 0. The van der Waals surface area contributed by atoms with E-state index in [1.165, 1.54) is 11.3 Å². The zero-order chi connectivity index (χ0) is 21.3. The molecule has 1 rings (SSSR count). The third kappa shape index (κ3) is 7.47. The molecule has 0 aliphatic carbocycles. The number of anilines is 1. The number of carbonyl (C=O) groups excluding carboxylic acids is 2. The first-order valence-corrected chi connectivity index (χ1v) is 11.1. The van der Waals surface area contributed by atoms with Crippen molar-refractivity contribution in [3.63, 3.8) is 0 Å². The van der Waals surface area contributed by atoms with E-state index in [0.717, 1.165) is 37.1 Å². The van der Waals surface area contributed by atoms with Crippen LogP contribution < -0.4 is 10.6 Å². The molecule has 0 saturated carbocycles. The molecule has 0 saturated heterocycles. The van der Waals surface area contributed by atoms with Crippen molar-refractivity contribution in [1.29, 1.82) is 0 Å². The first kappa shape index (κ1) is 24.5. The fraction of sp³-hybridized carbons (Fsp3) is 0.800. The predicted octanol–water partition coefficient (Wildman–Crippen LogP) is 3.85. The van der Waals surface area contributed by atoms with Gasteiger partial charge in [-0.05, 0) is 24.7 Å². The van der Waals surface area contributed by atoms with Crippen molar-refractivity contribution >= 4 is 28.3 Å². The van der Waals surface area contributed by atoms with Crippen LogP contribution in [0.15, 0.2) is 0 Å². The molecule has 160 valence electrons. The molecule has 28 heavy (non-hydrogen) atoms. The van der Waals surface area contributed by atoms with Crippen molar-refractivity contribution in [3.05, 3.63) is 5.01 Å². The minimum atomic E-state index is -1.18. The number of carbonyl (C=O) groups is 2. The Bertz CT molecular complexity index is 627. The molecule has 0 fully saturated rings. The van der Waals surface area contributed by atoms with Crippen molar-refractivity contribution in [2.75, 3.05) is 5.32 Å². The Labute approximate surface area is 172 Å². The first-order chi connectivity index (χ1) is 13.1. The second-order valence-electron chi connectivity index (χ2n) is 8.30. The maximum Gasteiger partial charge on any atom is 0.250 e. The van der Waals surface area contributed by atoms with Crippen LogP contribution in [0.5, 0.6) is 0 Å². The van der Waals surface area contributed by atoms with Crippen LogP contribution >= 0.6 is 11.3 Å². The molecule has 8 heteroatoms. The van der Waals surface area contributed by atoms with E-state index in [0.29, 0.717) is 17.5 Å². The molecule has 1 aromatic heterocycles. The van der Waals surface area contributed by atoms with Gasteiger partial charge in [0, 0.05) is 5.92 Å². The highest BCUT2D eigenvalue weighted by molar-refractivity contribution is 7.15. The number of hydrogen-bond donors (Lipinski definition) is 3. The molecular formula is C20H36N4O3S. The van der Waals surface area contributed by atoms with E-state index in [9.17, 15) is 14.7 Å². The Kier molecular flexibility index (Phi) is 10.0. The van der Waals surface area contributed by atoms with Crippen LogP contribution in [-0.4, -0.2) is 39.3 Å². The lowest BCUT2D eigenvalue weighted by atomic mass is 9.88. The summed E-state index contributed by atoms with van der Waals surface area (Å²) in [6.45, 7) is 11.6. The second kappa shape index (κ2) is 11.5. The lowest BCUT2D eigenvalue weighted by Crippen LogP contribution is -2.50. The molecule has 3 N–H and O–H groups in total. The summed E-state index contributed by atoms with van der Waals surface area (Å²) in [6.07, 6.45) is 4.35. The van der Waals surface area contributed by atoms with Crippen LogP contribution in [0, 0.1) is 5.41 Å². The van der Waals surface area contributed by atoms with Gasteiger partial charge in [0.25, 0.3) is 0 Å². The standard InChI is InChI=1S/C20H36N4O3S/c1-7-10-12-13(9-3)18-23-24-19(28-18)22-16(26)14(11-8-2)21-17(27)15(25)20(4,5)6/h13-15,25H,7-12H2,1-6H3,(H,21,27)(H,22,24,26)/t13?,14?,15-/m0/s1. The highest BCUT2D eigenvalue weighted by Gasteiger charge is 2.32. The summed E-state index contributed by atoms with van der Waals surface area (Å²) in [5, 5.41) is 25.3. The van der Waals surface area contributed by atoms with E-state index in [2.05, 4.69) is 34.7 Å². The topological polar surface area (TPSA) is 104 Å². The SMILES string of the molecule is CCCCC(CC)c1nnc(NC(=O)C(CCC)NC(=O)[C@H](O)C(C)(C)C)s1. The van der Waals surface area contributed by atoms with Crippen molar-refractivity contribution in [1.82, 2.24) is 15.5 Å². The van der Waals surface area contributed by atoms with Crippen LogP contribution in [0.4, 0.5) is 5.13 Å². The van der Waals surface area contributed by atoms with Gasteiger partial charge in [0.2, 0.25) is 16.9 Å². The van der Waals surface area contributed by atoms with Gasteiger partial charge in [-0.25, -0.2) is 0 Å². The molecule has 0 spiro atoms. The lowest BCUT2D eigenvalue weighted by Gasteiger charge is -2.26. The molecule has 0 aromatic carbocycles. The second-order valence-corrected chi connectivity index (χ2v) is 9.31. The highest BCUT2D eigenvalue weighted by atomic mass is 32.1. The largest absolute Gasteiger partial charge is 0.383 e. The molecule has 0 bridgehead atoms. The van der Waals surface area contributed by atoms with Crippen LogP contribution in [0.2, 0.25) is 0 Å². The normalized spacial score (nSPS) is 15.0. The minimum Gasteiger partial charge on any atom is -0.383 e. The van der Waals surface area contributed by atoms with E-state index < -0.39 is 23.5 Å². The first-order valence-electron chi connectivity index (χ1n) is 10.3. The highest BCUT2D eigenvalue weighted by Crippen LogP contribution is 2.30. The molecule has 1 aromatic rings. The number of unbranched alkanes of at least 4 members (excludes halogenated alkanes) is 1. The van der Waals surface area contributed by atoms with Crippen LogP contribution in [0.1, 0.15) is 91.0 Å². The summed E-state index contributed by atoms with van der Waals surface area (Å²) >= 11 is 1.39. The number of hydrogen-bond acceptors (Lipinski definition) is 6. The Morgan fingerprint density at radius 1 is 1.07 bits per heavy atom. The summed E-state index contributed by atoms with van der Waals surface area (Å²) in [6, 6.07) is -0.719. The van der Waals surface area contributed by atoms with E-state index >= 15 is 0 Å². The van der Waals surface area contributed by atoms with Crippen molar-refractivity contribution in [3.8, 4) is 0 Å². The number of nitrogens with zero attached hydrogens (tertiary/aromatic N) is 2. The number of rotatable bonds is 11. The molecule has 2 amide bonds. The average molecular weight is 413 g/mol. The third-order valence-electron chi connectivity index (χ3n) is 4.70. The van der Waals surface area contributed by atoms with Gasteiger partial charge in [0.1, 0.15) is 17.2 Å². The van der Waals surface area contributed by atoms with Gasteiger partial charge in [-0.3, -0.25) is 14.9 Å². The van der Waals surface area contributed by atoms with Gasteiger partial charge in [0.15, 0.2) is 0 Å². The molecule has 0 aliphatic rings. The van der Waals surface area contributed by atoms with Gasteiger partial charge in [-0.2, -0.15) is 0 Å². The number of aromatic nitrogens is 2. The van der Waals surface area contributed by atoms with Gasteiger partial charge < -0.3 is 10.4 Å². The molecule has 1 heterocycles. The molecule has 0 aliphatic heterocycles. The smallest absolute Gasteiger partial charge is 0.250 e. The Morgan fingerprint density at radius 2 is 1.75 bits per heavy atom. The molecule has 7 nitrogen and oxygen atoms in total. The van der Waals surface area contributed by atoms with Gasteiger partial charge in [0.05, 0.1) is 0 Å². The van der Waals surface area contributed by atoms with Gasteiger partial charge in [-0.15, -0.1) is 10.2 Å². The number of amides is 2. The Balaban J connectivity index is 2.78. The molecule has 0 radical (unpaired) electrons. The van der Waals surface area contributed by atoms with E-state index in [1.54, 1.807) is 20.8 Å². The third-order valence-corrected chi connectivity index (χ3v) is 5.70. The molecule has 2 unspecified atom stereocenters. The predicted molar refractivity (Wildman–Crippen MR) is 113 cm³/mol. The Morgan fingerprint density at radius 3 is 2.29 bits per heavy atom. The number of aliphatic hydroxyl groups is 1. The summed E-state index contributed by atoms with van der Waals surface area (Å²) in [5.74, 6) is -0.513. The van der Waals surface area contributed by atoms with Crippen molar-refractivity contribution < 1.29 is 14.7 Å². The van der Waals surface area contributed by atoms with E-state index in [-0.39, 0.29) is 5.91 Å². The summed E-state index contributed by atoms with van der Waals surface area (Å²) in [5.41, 5.74) is -0.598. The van der Waals surface area contributed by atoms with E-state index in [1.807, 2.05) is 6.92 Å². The van der Waals surface area contributed by atoms with Crippen LogP contribution in [0.25, 0.3) is 0 Å². The van der Waals surface area contributed by atoms with E-state index in [4.69, 9.17) is 0 Å². The zero-order valence-electron chi connectivity index (χ0n) is 18.0. The minimum absolute atomic E-state index is 0.333. The molecular weight excluding hydrogens is 376 g/mol. The maximum absolute atomic E-state index is 12.7. The average Bonchev–Trinajstić information content (AvgIpc) is 3.08. The van der Waals surface area contributed by atoms with Crippen molar-refractivity contribution in [2.24, 2.45) is 5.41 Å². The monoisotopic (exact) mass is 412 g/mol. The van der Waals surface area contributed by atoms with Gasteiger partial charge in [-0.1, -0.05) is 72.1 Å². The Hall–Kier alpha value is -1.54. The maximum atomic E-state index is 12.7. The fourth-order valence-corrected chi connectivity index (χ4v) is 3.76. The number of aliphatic hydroxyl groups excluding tert-OH is 1. The fourth-order valence-electron chi connectivity index (χ4n) is 2.80. The lowest BCUT2D eigenvalue weighted by molar-refractivity contribution is -0.137. The summed E-state index contributed by atoms with van der Waals surface area (Å²) in [7, 11) is 0. The van der Waals surface area contributed by atoms with Crippen LogP contribution in [-0.2, 0) is 9.59 Å². The zero-order valence-corrected chi connectivity index (χ0v) is 18.9. The quantitative estimate of drug-likeness (QED) is 0.512. The van der Waals surface area contributed by atoms with Crippen LogP contribution in [0.3, 0.4) is 0 Å². The molecule has 3 atom stereocenters.